The van der Waals surface area contributed by atoms with E-state index in [2.05, 4.69) is 31.0 Å². The molecule has 0 fully saturated rings. The zero-order chi connectivity index (χ0) is 26.0. The summed E-state index contributed by atoms with van der Waals surface area (Å²) in [4.78, 5) is 24.4. The van der Waals surface area contributed by atoms with Gasteiger partial charge in [0.15, 0.2) is 5.82 Å². The van der Waals surface area contributed by atoms with E-state index in [0.29, 0.717) is 27.4 Å². The standard InChI is InChI=1S/C26H24Cl2N6O2S/c27-20-12-10-18(14-21(20)28)16-24(36)30-26-34-33-25(37-26)9-5-4-8-19-11-13-22(32-31-19)29-23(35)15-17-6-2-1-3-7-17/h1-3,6-7,10-14H,4-5,8-9,15-16H2,(H,29,32,35)(H,30,34,36). The molecule has 0 aliphatic rings. The number of aryl methyl sites for hydroxylation is 2. The third-order valence-electron chi connectivity index (χ3n) is 5.33. The largest absolute Gasteiger partial charge is 0.309 e. The van der Waals surface area contributed by atoms with Crippen LogP contribution in [-0.2, 0) is 35.3 Å². The first kappa shape index (κ1) is 26.7. The molecule has 4 aromatic rings. The van der Waals surface area contributed by atoms with E-state index in [4.69, 9.17) is 23.2 Å². The highest BCUT2D eigenvalue weighted by Crippen LogP contribution is 2.23. The summed E-state index contributed by atoms with van der Waals surface area (Å²) >= 11 is 13.3. The number of hydrogen-bond donors (Lipinski definition) is 2. The Labute approximate surface area is 228 Å². The lowest BCUT2D eigenvalue weighted by atomic mass is 10.1. The van der Waals surface area contributed by atoms with Crippen LogP contribution in [0.4, 0.5) is 10.9 Å². The summed E-state index contributed by atoms with van der Waals surface area (Å²) in [6.45, 7) is 0. The predicted octanol–water partition coefficient (Wildman–Crippen LogP) is 5.56. The number of nitrogens with one attached hydrogen (secondary N) is 2. The van der Waals surface area contributed by atoms with Crippen molar-refractivity contribution in [1.29, 1.82) is 0 Å². The second-order valence-electron chi connectivity index (χ2n) is 8.30. The molecule has 190 valence electrons. The molecule has 0 saturated carbocycles. The molecule has 0 aliphatic heterocycles. The van der Waals surface area contributed by atoms with E-state index in [1.165, 1.54) is 11.3 Å². The van der Waals surface area contributed by atoms with Crippen molar-refractivity contribution in [1.82, 2.24) is 20.4 Å². The van der Waals surface area contributed by atoms with Gasteiger partial charge in [-0.25, -0.2) is 0 Å². The Balaban J connectivity index is 1.15. The quantitative estimate of drug-likeness (QED) is 0.235. The molecule has 37 heavy (non-hydrogen) atoms. The number of hydrogen-bond acceptors (Lipinski definition) is 7. The summed E-state index contributed by atoms with van der Waals surface area (Å²) in [6.07, 6.45) is 3.76. The lowest BCUT2D eigenvalue weighted by molar-refractivity contribution is -0.116. The normalized spacial score (nSPS) is 10.8. The average Bonchev–Trinajstić information content (AvgIpc) is 3.32. The highest BCUT2D eigenvalue weighted by molar-refractivity contribution is 7.15. The van der Waals surface area contributed by atoms with Gasteiger partial charge in [0.1, 0.15) is 5.01 Å². The van der Waals surface area contributed by atoms with Crippen LogP contribution >= 0.6 is 34.5 Å². The molecule has 2 aromatic heterocycles. The van der Waals surface area contributed by atoms with Gasteiger partial charge in [-0.3, -0.25) is 9.59 Å². The summed E-state index contributed by atoms with van der Waals surface area (Å²) in [5, 5.41) is 24.3. The van der Waals surface area contributed by atoms with E-state index < -0.39 is 0 Å². The molecule has 2 amide bonds. The molecule has 2 heterocycles. The smallest absolute Gasteiger partial charge is 0.230 e. The van der Waals surface area contributed by atoms with Crippen LogP contribution in [0.15, 0.2) is 60.7 Å². The van der Waals surface area contributed by atoms with Crippen LogP contribution in [0.25, 0.3) is 0 Å². The fraction of sp³-hybridized carbons (Fsp3) is 0.231. The van der Waals surface area contributed by atoms with Gasteiger partial charge in [-0.1, -0.05) is 70.9 Å². The van der Waals surface area contributed by atoms with Crippen molar-refractivity contribution in [2.75, 3.05) is 10.6 Å². The van der Waals surface area contributed by atoms with Gasteiger partial charge in [0, 0.05) is 6.42 Å². The molecule has 0 bridgehead atoms. The second kappa shape index (κ2) is 13.2. The summed E-state index contributed by atoms with van der Waals surface area (Å²) < 4.78 is 0. The lowest BCUT2D eigenvalue weighted by Gasteiger charge is -2.05. The minimum Gasteiger partial charge on any atom is -0.309 e. The number of aromatic nitrogens is 4. The SMILES string of the molecule is O=C(Cc1ccccc1)Nc1ccc(CCCCc2nnc(NC(=O)Cc3ccc(Cl)c(Cl)c3)s2)nn1. The predicted molar refractivity (Wildman–Crippen MR) is 146 cm³/mol. The Morgan fingerprint density at radius 2 is 1.49 bits per heavy atom. The number of amides is 2. The first-order valence-corrected chi connectivity index (χ1v) is 13.2. The van der Waals surface area contributed by atoms with Gasteiger partial charge in [-0.2, -0.15) is 5.10 Å². The minimum absolute atomic E-state index is 0.129. The summed E-state index contributed by atoms with van der Waals surface area (Å²) in [7, 11) is 0. The monoisotopic (exact) mass is 554 g/mol. The van der Waals surface area contributed by atoms with Crippen LogP contribution in [0.3, 0.4) is 0 Å². The van der Waals surface area contributed by atoms with E-state index in [9.17, 15) is 9.59 Å². The third-order valence-corrected chi connectivity index (χ3v) is 6.97. The van der Waals surface area contributed by atoms with Gasteiger partial charge < -0.3 is 10.6 Å². The molecular formula is C26H24Cl2N6O2S. The number of benzene rings is 2. The number of carbonyl (C=O) groups excluding carboxylic acids is 2. The van der Waals surface area contributed by atoms with Gasteiger partial charge in [-0.15, -0.1) is 15.3 Å². The molecule has 0 atom stereocenters. The van der Waals surface area contributed by atoms with Crippen molar-refractivity contribution in [2.45, 2.75) is 38.5 Å². The Morgan fingerprint density at radius 1 is 0.730 bits per heavy atom. The van der Waals surface area contributed by atoms with E-state index in [-0.39, 0.29) is 18.2 Å². The zero-order valence-electron chi connectivity index (χ0n) is 19.8. The molecule has 0 spiro atoms. The Morgan fingerprint density at radius 3 is 2.24 bits per heavy atom. The number of unbranched alkanes of at least 4 members (excludes halogenated alkanes) is 1. The number of halogens is 2. The van der Waals surface area contributed by atoms with Crippen molar-refractivity contribution in [3.05, 3.63) is 92.5 Å². The van der Waals surface area contributed by atoms with E-state index in [1.807, 2.05) is 36.4 Å². The van der Waals surface area contributed by atoms with Crippen LogP contribution in [0.5, 0.6) is 0 Å². The number of rotatable bonds is 11. The van der Waals surface area contributed by atoms with Crippen LogP contribution in [0.2, 0.25) is 10.0 Å². The maximum atomic E-state index is 12.3. The van der Waals surface area contributed by atoms with Gasteiger partial charge in [0.25, 0.3) is 0 Å². The van der Waals surface area contributed by atoms with Crippen molar-refractivity contribution >= 4 is 57.3 Å². The fourth-order valence-corrected chi connectivity index (χ4v) is 4.63. The van der Waals surface area contributed by atoms with E-state index >= 15 is 0 Å². The Hall–Kier alpha value is -3.40. The third kappa shape index (κ3) is 8.59. The fourth-order valence-electron chi connectivity index (χ4n) is 3.51. The first-order chi connectivity index (χ1) is 17.9. The molecular weight excluding hydrogens is 531 g/mol. The first-order valence-electron chi connectivity index (χ1n) is 11.7. The molecule has 2 aromatic carbocycles. The van der Waals surface area contributed by atoms with Crippen LogP contribution in [-0.4, -0.2) is 32.2 Å². The maximum absolute atomic E-state index is 12.3. The van der Waals surface area contributed by atoms with Crippen molar-refractivity contribution in [3.8, 4) is 0 Å². The van der Waals surface area contributed by atoms with E-state index in [0.717, 1.165) is 47.5 Å². The van der Waals surface area contributed by atoms with Crippen molar-refractivity contribution in [2.24, 2.45) is 0 Å². The second-order valence-corrected chi connectivity index (χ2v) is 10.2. The number of nitrogens with zero attached hydrogens (tertiary/aromatic N) is 4. The zero-order valence-corrected chi connectivity index (χ0v) is 22.1. The average molecular weight is 555 g/mol. The van der Waals surface area contributed by atoms with Crippen molar-refractivity contribution in [3.63, 3.8) is 0 Å². The molecule has 0 saturated heterocycles. The Kier molecular flexibility index (Phi) is 9.53. The van der Waals surface area contributed by atoms with E-state index in [1.54, 1.807) is 24.3 Å². The minimum atomic E-state index is -0.195. The topological polar surface area (TPSA) is 110 Å². The molecule has 8 nitrogen and oxygen atoms in total. The number of anilines is 2. The lowest BCUT2D eigenvalue weighted by Crippen LogP contribution is -2.15. The summed E-state index contributed by atoms with van der Waals surface area (Å²) in [6, 6.07) is 18.3. The van der Waals surface area contributed by atoms with Gasteiger partial charge in [-0.05, 0) is 54.7 Å². The van der Waals surface area contributed by atoms with Gasteiger partial charge in [0.05, 0.1) is 28.6 Å². The molecule has 11 heteroatoms. The van der Waals surface area contributed by atoms with Gasteiger partial charge in [0.2, 0.25) is 16.9 Å². The molecule has 4 rings (SSSR count). The molecule has 0 unspecified atom stereocenters. The highest BCUT2D eigenvalue weighted by Gasteiger charge is 2.11. The molecule has 0 aliphatic carbocycles. The van der Waals surface area contributed by atoms with Crippen LogP contribution in [0, 0.1) is 0 Å². The van der Waals surface area contributed by atoms with Gasteiger partial charge >= 0.3 is 0 Å². The van der Waals surface area contributed by atoms with Crippen LogP contribution < -0.4 is 10.6 Å². The molecule has 0 radical (unpaired) electrons. The Bertz CT molecular complexity index is 1350. The number of carbonyl (C=O) groups is 2. The highest BCUT2D eigenvalue weighted by atomic mass is 35.5. The summed E-state index contributed by atoms with van der Waals surface area (Å²) in [5.41, 5.74) is 2.56. The summed E-state index contributed by atoms with van der Waals surface area (Å²) in [5.74, 6) is 0.113. The van der Waals surface area contributed by atoms with Crippen LogP contribution in [0.1, 0.15) is 34.7 Å². The maximum Gasteiger partial charge on any atom is 0.230 e. The molecule has 2 N–H and O–H groups in total. The van der Waals surface area contributed by atoms with Crippen molar-refractivity contribution < 1.29 is 9.59 Å².